The van der Waals surface area contributed by atoms with Gasteiger partial charge in [0.15, 0.2) is 0 Å². The Hall–Kier alpha value is -0.970. The third-order valence-corrected chi connectivity index (χ3v) is 4.26. The summed E-state index contributed by atoms with van der Waals surface area (Å²) in [6, 6.07) is 6.59. The van der Waals surface area contributed by atoms with Gasteiger partial charge < -0.3 is 14.8 Å². The van der Waals surface area contributed by atoms with Crippen molar-refractivity contribution in [2.45, 2.75) is 19.4 Å². The maximum atomic E-state index is 5.59. The lowest BCUT2D eigenvalue weighted by molar-refractivity contribution is 0.232. The van der Waals surface area contributed by atoms with E-state index in [2.05, 4.69) is 23.2 Å². The van der Waals surface area contributed by atoms with Crippen molar-refractivity contribution in [1.82, 2.24) is 10.2 Å². The fourth-order valence-electron chi connectivity index (χ4n) is 3.27. The Labute approximate surface area is 134 Å². The topological polar surface area (TPSA) is 33.7 Å². The van der Waals surface area contributed by atoms with Crippen LogP contribution in [0.2, 0.25) is 0 Å². The Balaban J connectivity index is 0.00000220. The molecule has 1 aliphatic heterocycles. The summed E-state index contributed by atoms with van der Waals surface area (Å²) in [4.78, 5) is 2.53. The first-order chi connectivity index (χ1) is 9.74. The largest absolute Gasteiger partial charge is 0.497 e. The lowest BCUT2D eigenvalue weighted by Gasteiger charge is -2.29. The summed E-state index contributed by atoms with van der Waals surface area (Å²) in [7, 11) is 5.44. The molecule has 1 saturated heterocycles. The molecule has 1 fully saturated rings. The maximum Gasteiger partial charge on any atom is 0.127 e. The van der Waals surface area contributed by atoms with E-state index in [9.17, 15) is 0 Å². The molecular weight excluding hydrogens is 288 g/mol. The van der Waals surface area contributed by atoms with Crippen LogP contribution >= 0.6 is 12.4 Å². The number of hydrogen-bond acceptors (Lipinski definition) is 4. The van der Waals surface area contributed by atoms with E-state index in [1.54, 1.807) is 14.2 Å². The first-order valence-corrected chi connectivity index (χ1v) is 7.35. The maximum absolute atomic E-state index is 5.59. The quantitative estimate of drug-likeness (QED) is 0.875. The Kier molecular flexibility index (Phi) is 7.29. The first-order valence-electron chi connectivity index (χ1n) is 7.35. The third-order valence-electron chi connectivity index (χ3n) is 4.26. The van der Waals surface area contributed by atoms with Crippen LogP contribution in [0, 0.1) is 5.92 Å². The predicted molar refractivity (Wildman–Crippen MR) is 88.8 cm³/mol. The second-order valence-electron chi connectivity index (χ2n) is 5.29. The molecule has 120 valence electrons. The number of likely N-dealkylation sites (tertiary alicyclic amines) is 1. The van der Waals surface area contributed by atoms with E-state index in [0.29, 0.717) is 12.0 Å². The summed E-state index contributed by atoms with van der Waals surface area (Å²) < 4.78 is 10.9. The van der Waals surface area contributed by atoms with Gasteiger partial charge in [0, 0.05) is 17.7 Å². The number of ether oxygens (including phenoxy) is 2. The molecule has 0 spiro atoms. The number of halogens is 1. The third kappa shape index (κ3) is 3.82. The Bertz CT molecular complexity index is 442. The van der Waals surface area contributed by atoms with Gasteiger partial charge in [-0.3, -0.25) is 4.90 Å². The van der Waals surface area contributed by atoms with Gasteiger partial charge >= 0.3 is 0 Å². The SMILES string of the molecule is CCN1CCC(CNC)C1c1ccc(OC)cc1OC.Cl. The molecule has 0 saturated carbocycles. The molecule has 2 unspecified atom stereocenters. The molecule has 0 bridgehead atoms. The molecule has 4 nitrogen and oxygen atoms in total. The minimum atomic E-state index is 0. The number of hydrogen-bond donors (Lipinski definition) is 1. The highest BCUT2D eigenvalue weighted by molar-refractivity contribution is 5.85. The van der Waals surface area contributed by atoms with Gasteiger partial charge in [-0.1, -0.05) is 13.0 Å². The lowest BCUT2D eigenvalue weighted by Crippen LogP contribution is -2.29. The van der Waals surface area contributed by atoms with Crippen LogP contribution in [0.15, 0.2) is 18.2 Å². The van der Waals surface area contributed by atoms with E-state index in [-0.39, 0.29) is 12.4 Å². The summed E-state index contributed by atoms with van der Waals surface area (Å²) in [5.74, 6) is 2.40. The van der Waals surface area contributed by atoms with Gasteiger partial charge in [0.25, 0.3) is 0 Å². The zero-order valence-electron chi connectivity index (χ0n) is 13.4. The van der Waals surface area contributed by atoms with Crippen molar-refractivity contribution < 1.29 is 9.47 Å². The van der Waals surface area contributed by atoms with Crippen LogP contribution in [-0.4, -0.2) is 45.8 Å². The van der Waals surface area contributed by atoms with Crippen LogP contribution in [0.5, 0.6) is 11.5 Å². The van der Waals surface area contributed by atoms with Gasteiger partial charge in [-0.2, -0.15) is 0 Å². The summed E-state index contributed by atoms with van der Waals surface area (Å²) in [5.41, 5.74) is 1.27. The number of rotatable bonds is 6. The molecule has 0 amide bonds. The molecule has 0 aliphatic carbocycles. The van der Waals surface area contributed by atoms with Gasteiger partial charge in [0.1, 0.15) is 11.5 Å². The molecule has 1 heterocycles. The molecule has 1 aliphatic rings. The van der Waals surface area contributed by atoms with Crippen molar-refractivity contribution in [2.75, 3.05) is 40.9 Å². The minimum absolute atomic E-state index is 0. The van der Waals surface area contributed by atoms with Crippen molar-refractivity contribution in [1.29, 1.82) is 0 Å². The van der Waals surface area contributed by atoms with Crippen molar-refractivity contribution in [2.24, 2.45) is 5.92 Å². The standard InChI is InChI=1S/C16H26N2O2.ClH/c1-5-18-9-8-12(11-17-2)16(18)14-7-6-13(19-3)10-15(14)20-4;/h6-7,10,12,16-17H,5,8-9,11H2,1-4H3;1H. The highest BCUT2D eigenvalue weighted by Crippen LogP contribution is 2.41. The van der Waals surface area contributed by atoms with E-state index in [1.807, 2.05) is 19.2 Å². The fraction of sp³-hybridized carbons (Fsp3) is 0.625. The van der Waals surface area contributed by atoms with E-state index in [4.69, 9.17) is 9.47 Å². The van der Waals surface area contributed by atoms with E-state index in [1.165, 1.54) is 12.0 Å². The average Bonchev–Trinajstić information content (AvgIpc) is 2.89. The van der Waals surface area contributed by atoms with Crippen LogP contribution in [-0.2, 0) is 0 Å². The molecule has 1 aromatic rings. The highest BCUT2D eigenvalue weighted by atomic mass is 35.5. The Morgan fingerprint density at radius 2 is 2.05 bits per heavy atom. The molecule has 0 aromatic heterocycles. The molecular formula is C16H27ClN2O2. The summed E-state index contributed by atoms with van der Waals surface area (Å²) >= 11 is 0. The monoisotopic (exact) mass is 314 g/mol. The second kappa shape index (κ2) is 8.47. The minimum Gasteiger partial charge on any atom is -0.497 e. The van der Waals surface area contributed by atoms with E-state index in [0.717, 1.165) is 31.1 Å². The van der Waals surface area contributed by atoms with E-state index >= 15 is 0 Å². The molecule has 0 radical (unpaired) electrons. The molecule has 1 aromatic carbocycles. The number of benzene rings is 1. The summed E-state index contributed by atoms with van der Waals surface area (Å²) in [6.07, 6.45) is 1.23. The average molecular weight is 315 g/mol. The molecule has 21 heavy (non-hydrogen) atoms. The Morgan fingerprint density at radius 3 is 2.62 bits per heavy atom. The van der Waals surface area contributed by atoms with Gasteiger partial charge in [-0.25, -0.2) is 0 Å². The van der Waals surface area contributed by atoms with Gasteiger partial charge in [0.2, 0.25) is 0 Å². The van der Waals surface area contributed by atoms with E-state index < -0.39 is 0 Å². The van der Waals surface area contributed by atoms with Crippen LogP contribution in [0.25, 0.3) is 0 Å². The van der Waals surface area contributed by atoms with Crippen molar-refractivity contribution >= 4 is 12.4 Å². The van der Waals surface area contributed by atoms with Crippen molar-refractivity contribution in [3.05, 3.63) is 23.8 Å². The zero-order valence-corrected chi connectivity index (χ0v) is 14.2. The number of nitrogens with one attached hydrogen (secondary N) is 1. The molecule has 1 N–H and O–H groups in total. The number of methoxy groups -OCH3 is 2. The fourth-order valence-corrected chi connectivity index (χ4v) is 3.27. The van der Waals surface area contributed by atoms with Crippen LogP contribution < -0.4 is 14.8 Å². The van der Waals surface area contributed by atoms with Crippen molar-refractivity contribution in [3.8, 4) is 11.5 Å². The molecule has 2 atom stereocenters. The van der Waals surface area contributed by atoms with Gasteiger partial charge in [0.05, 0.1) is 14.2 Å². The first kappa shape index (κ1) is 18.1. The number of nitrogens with zero attached hydrogens (tertiary/aromatic N) is 1. The Morgan fingerprint density at radius 1 is 1.29 bits per heavy atom. The smallest absolute Gasteiger partial charge is 0.127 e. The normalized spacial score (nSPS) is 21.9. The van der Waals surface area contributed by atoms with Gasteiger partial charge in [-0.05, 0) is 45.1 Å². The molecule has 2 rings (SSSR count). The second-order valence-corrected chi connectivity index (χ2v) is 5.29. The van der Waals surface area contributed by atoms with Crippen LogP contribution in [0.1, 0.15) is 24.9 Å². The van der Waals surface area contributed by atoms with Crippen molar-refractivity contribution in [3.63, 3.8) is 0 Å². The van der Waals surface area contributed by atoms with Crippen LogP contribution in [0.4, 0.5) is 0 Å². The highest BCUT2D eigenvalue weighted by Gasteiger charge is 2.35. The van der Waals surface area contributed by atoms with Gasteiger partial charge in [-0.15, -0.1) is 12.4 Å². The predicted octanol–water partition coefficient (Wildman–Crippen LogP) is 2.73. The molecule has 5 heteroatoms. The zero-order chi connectivity index (χ0) is 14.5. The summed E-state index contributed by atoms with van der Waals surface area (Å²) in [5, 5.41) is 3.32. The lowest BCUT2D eigenvalue weighted by atomic mass is 9.92. The summed E-state index contributed by atoms with van der Waals surface area (Å²) in [6.45, 7) is 5.49. The van der Waals surface area contributed by atoms with Crippen LogP contribution in [0.3, 0.4) is 0 Å².